The molecule has 1 saturated heterocycles. The molecular formula is C18H24F2N2O3. The van der Waals surface area contributed by atoms with Crippen molar-refractivity contribution >= 4 is 5.91 Å². The summed E-state index contributed by atoms with van der Waals surface area (Å²) in [6.45, 7) is -0.194. The highest BCUT2D eigenvalue weighted by Crippen LogP contribution is 2.32. The van der Waals surface area contributed by atoms with Gasteiger partial charge in [-0.1, -0.05) is 6.07 Å². The van der Waals surface area contributed by atoms with Crippen LogP contribution in [0.2, 0.25) is 0 Å². The predicted molar refractivity (Wildman–Crippen MR) is 89.1 cm³/mol. The molecule has 0 aromatic heterocycles. The molecule has 1 unspecified atom stereocenters. The number of nitrogens with one attached hydrogen (secondary N) is 2. The maximum absolute atomic E-state index is 13.2. The van der Waals surface area contributed by atoms with Gasteiger partial charge in [-0.2, -0.15) is 0 Å². The minimum atomic E-state index is -2.82. The maximum Gasteiger partial charge on any atom is 0.262 e. The summed E-state index contributed by atoms with van der Waals surface area (Å²) in [4.78, 5) is 12.0. The molecule has 3 rings (SSSR count). The number of amides is 1. The zero-order chi connectivity index (χ0) is 17.9. The number of alkyl halides is 2. The van der Waals surface area contributed by atoms with E-state index in [9.17, 15) is 13.6 Å². The van der Waals surface area contributed by atoms with Crippen LogP contribution in [0.5, 0.6) is 11.5 Å². The number of hydrogen-bond acceptors (Lipinski definition) is 4. The Bertz CT molecular complexity index is 618. The van der Waals surface area contributed by atoms with E-state index in [0.717, 1.165) is 18.4 Å². The molecule has 1 saturated carbocycles. The summed E-state index contributed by atoms with van der Waals surface area (Å²) >= 11 is 0. The first-order chi connectivity index (χ1) is 12.0. The van der Waals surface area contributed by atoms with Crippen LogP contribution in [-0.4, -0.2) is 37.6 Å². The summed E-state index contributed by atoms with van der Waals surface area (Å²) < 4.78 is 37.7. The van der Waals surface area contributed by atoms with E-state index in [2.05, 4.69) is 10.6 Å². The standard InChI is InChI=1S/C18H24F2N2O3/c1-24-15-7-6-12(8-16(15)25-13-4-2-3-5-13)10-21-17(23)14-9-18(19,20)11-22-14/h6-8,13-14,22H,2-5,9-11H2,1H3,(H,21,23). The van der Waals surface area contributed by atoms with E-state index in [1.165, 1.54) is 12.8 Å². The van der Waals surface area contributed by atoms with Crippen LogP contribution in [-0.2, 0) is 11.3 Å². The van der Waals surface area contributed by atoms with Crippen molar-refractivity contribution < 1.29 is 23.0 Å². The number of rotatable bonds is 6. The molecule has 1 aliphatic heterocycles. The first kappa shape index (κ1) is 17.9. The topological polar surface area (TPSA) is 59.6 Å². The first-order valence-corrected chi connectivity index (χ1v) is 8.69. The SMILES string of the molecule is COc1ccc(CNC(=O)C2CC(F)(F)CN2)cc1OC1CCCC1. The smallest absolute Gasteiger partial charge is 0.262 e. The number of carbonyl (C=O) groups excluding carboxylic acids is 1. The molecule has 1 aromatic rings. The number of benzene rings is 1. The molecule has 1 aromatic carbocycles. The second kappa shape index (κ2) is 7.56. The summed E-state index contributed by atoms with van der Waals surface area (Å²) in [6, 6.07) is 4.63. The third-order valence-corrected chi connectivity index (χ3v) is 4.72. The Hall–Kier alpha value is -1.89. The molecule has 5 nitrogen and oxygen atoms in total. The van der Waals surface area contributed by atoms with Crippen molar-refractivity contribution in [2.45, 2.75) is 56.7 Å². The Labute approximate surface area is 146 Å². The van der Waals surface area contributed by atoms with E-state index in [1.54, 1.807) is 13.2 Å². The van der Waals surface area contributed by atoms with Crippen molar-refractivity contribution in [1.29, 1.82) is 0 Å². The minimum absolute atomic E-state index is 0.198. The molecule has 7 heteroatoms. The Kier molecular flexibility index (Phi) is 5.42. The van der Waals surface area contributed by atoms with E-state index in [-0.39, 0.29) is 12.6 Å². The van der Waals surface area contributed by atoms with Crippen LogP contribution >= 0.6 is 0 Å². The van der Waals surface area contributed by atoms with Gasteiger partial charge in [0.2, 0.25) is 5.91 Å². The number of ether oxygens (including phenoxy) is 2. The third-order valence-electron chi connectivity index (χ3n) is 4.72. The number of carbonyl (C=O) groups is 1. The molecule has 0 bridgehead atoms. The fraction of sp³-hybridized carbons (Fsp3) is 0.611. The molecule has 0 radical (unpaired) electrons. The van der Waals surface area contributed by atoms with Crippen molar-refractivity contribution in [2.24, 2.45) is 0 Å². The van der Waals surface area contributed by atoms with E-state index in [0.29, 0.717) is 11.5 Å². The first-order valence-electron chi connectivity index (χ1n) is 8.69. The van der Waals surface area contributed by atoms with Crippen LogP contribution in [0.4, 0.5) is 8.78 Å². The Morgan fingerprint density at radius 2 is 2.08 bits per heavy atom. The highest BCUT2D eigenvalue weighted by molar-refractivity contribution is 5.82. The van der Waals surface area contributed by atoms with Crippen molar-refractivity contribution in [2.75, 3.05) is 13.7 Å². The van der Waals surface area contributed by atoms with E-state index in [4.69, 9.17) is 9.47 Å². The molecule has 0 spiro atoms. The molecular weight excluding hydrogens is 330 g/mol. The zero-order valence-electron chi connectivity index (χ0n) is 14.3. The van der Waals surface area contributed by atoms with Gasteiger partial charge >= 0.3 is 0 Å². The normalized spacial score (nSPS) is 22.8. The lowest BCUT2D eigenvalue weighted by molar-refractivity contribution is -0.123. The van der Waals surface area contributed by atoms with Crippen LogP contribution in [0.25, 0.3) is 0 Å². The van der Waals surface area contributed by atoms with E-state index >= 15 is 0 Å². The quantitative estimate of drug-likeness (QED) is 0.825. The molecule has 2 aliphatic rings. The van der Waals surface area contributed by atoms with Gasteiger partial charge in [0, 0.05) is 13.0 Å². The lowest BCUT2D eigenvalue weighted by Gasteiger charge is -2.17. The van der Waals surface area contributed by atoms with Crippen LogP contribution in [0.15, 0.2) is 18.2 Å². The summed E-state index contributed by atoms with van der Waals surface area (Å²) in [7, 11) is 1.59. The zero-order valence-corrected chi connectivity index (χ0v) is 14.3. The third kappa shape index (κ3) is 4.60. The molecule has 1 aliphatic carbocycles. The summed E-state index contributed by atoms with van der Waals surface area (Å²) in [5.74, 6) is -1.92. The molecule has 1 amide bonds. The average Bonchev–Trinajstić information content (AvgIpc) is 3.22. The fourth-order valence-corrected chi connectivity index (χ4v) is 3.32. The highest BCUT2D eigenvalue weighted by Gasteiger charge is 2.42. The van der Waals surface area contributed by atoms with Crippen LogP contribution < -0.4 is 20.1 Å². The van der Waals surface area contributed by atoms with Crippen molar-refractivity contribution in [1.82, 2.24) is 10.6 Å². The number of methoxy groups -OCH3 is 1. The van der Waals surface area contributed by atoms with E-state index < -0.39 is 30.8 Å². The lowest BCUT2D eigenvalue weighted by atomic mass is 10.1. The highest BCUT2D eigenvalue weighted by atomic mass is 19.3. The fourth-order valence-electron chi connectivity index (χ4n) is 3.32. The largest absolute Gasteiger partial charge is 0.493 e. The van der Waals surface area contributed by atoms with E-state index in [1.807, 2.05) is 12.1 Å². The molecule has 1 heterocycles. The second-order valence-electron chi connectivity index (χ2n) is 6.72. The molecule has 2 N–H and O–H groups in total. The molecule has 25 heavy (non-hydrogen) atoms. The predicted octanol–water partition coefficient (Wildman–Crippen LogP) is 2.63. The minimum Gasteiger partial charge on any atom is -0.493 e. The van der Waals surface area contributed by atoms with Crippen molar-refractivity contribution in [3.63, 3.8) is 0 Å². The molecule has 138 valence electrons. The Balaban J connectivity index is 1.59. The van der Waals surface area contributed by atoms with Gasteiger partial charge in [-0.3, -0.25) is 10.1 Å². The summed E-state index contributed by atoms with van der Waals surface area (Å²) in [6.07, 6.45) is 4.14. The van der Waals surface area contributed by atoms with Gasteiger partial charge in [-0.05, 0) is 43.4 Å². The van der Waals surface area contributed by atoms with Gasteiger partial charge < -0.3 is 14.8 Å². The van der Waals surface area contributed by atoms with Gasteiger partial charge in [0.15, 0.2) is 11.5 Å². The summed E-state index contributed by atoms with van der Waals surface area (Å²) in [5, 5.41) is 5.26. The van der Waals surface area contributed by atoms with Gasteiger partial charge in [0.1, 0.15) is 0 Å². The van der Waals surface area contributed by atoms with Gasteiger partial charge in [0.05, 0.1) is 25.8 Å². The average molecular weight is 354 g/mol. The second-order valence-corrected chi connectivity index (χ2v) is 6.72. The van der Waals surface area contributed by atoms with Gasteiger partial charge in [-0.25, -0.2) is 8.78 Å². The monoisotopic (exact) mass is 354 g/mol. The number of hydrogen-bond donors (Lipinski definition) is 2. The molecule has 1 atom stereocenters. The summed E-state index contributed by atoms with van der Waals surface area (Å²) in [5.41, 5.74) is 0.840. The Morgan fingerprint density at radius 1 is 1.32 bits per heavy atom. The maximum atomic E-state index is 13.2. The molecule has 2 fully saturated rings. The van der Waals surface area contributed by atoms with Crippen molar-refractivity contribution in [3.8, 4) is 11.5 Å². The van der Waals surface area contributed by atoms with Gasteiger partial charge in [0.25, 0.3) is 5.92 Å². The Morgan fingerprint density at radius 3 is 2.72 bits per heavy atom. The van der Waals surface area contributed by atoms with Crippen LogP contribution in [0.3, 0.4) is 0 Å². The van der Waals surface area contributed by atoms with Gasteiger partial charge in [-0.15, -0.1) is 0 Å². The number of halogens is 2. The lowest BCUT2D eigenvalue weighted by Crippen LogP contribution is -2.40. The van der Waals surface area contributed by atoms with Crippen molar-refractivity contribution in [3.05, 3.63) is 23.8 Å². The van der Waals surface area contributed by atoms with Crippen LogP contribution in [0, 0.1) is 0 Å². The van der Waals surface area contributed by atoms with Crippen LogP contribution in [0.1, 0.15) is 37.7 Å².